The van der Waals surface area contributed by atoms with Crippen LogP contribution < -0.4 is 0 Å². The van der Waals surface area contributed by atoms with Crippen molar-refractivity contribution in [2.75, 3.05) is 26.2 Å². The van der Waals surface area contributed by atoms with E-state index in [2.05, 4.69) is 34.5 Å². The standard InChI is InChI=1S/C24H34N4O2/c1-18-15-23(30-25-18)17-26-11-13-27(14-12-26)24(29)10-9-21-16-19(2)28(20(21)3)22-7-5-4-6-8-22/h9-10,15-16,22H,4-8,11-14,17H2,1-3H3/b10-9+. The molecule has 2 fully saturated rings. The summed E-state index contributed by atoms with van der Waals surface area (Å²) < 4.78 is 7.80. The molecule has 4 rings (SSSR count). The molecule has 1 aliphatic heterocycles. The largest absolute Gasteiger partial charge is 0.360 e. The number of nitrogens with zero attached hydrogens (tertiary/aromatic N) is 4. The minimum Gasteiger partial charge on any atom is -0.360 e. The summed E-state index contributed by atoms with van der Waals surface area (Å²) in [6, 6.07) is 4.83. The van der Waals surface area contributed by atoms with Gasteiger partial charge < -0.3 is 14.0 Å². The number of carbonyl (C=O) groups excluding carboxylic acids is 1. The first-order valence-electron chi connectivity index (χ1n) is 11.3. The van der Waals surface area contributed by atoms with Crippen molar-refractivity contribution in [3.63, 3.8) is 0 Å². The average molecular weight is 411 g/mol. The summed E-state index contributed by atoms with van der Waals surface area (Å²) in [6.45, 7) is 10.3. The molecule has 0 unspecified atom stereocenters. The van der Waals surface area contributed by atoms with E-state index in [1.807, 2.05) is 24.0 Å². The second-order valence-corrected chi connectivity index (χ2v) is 8.86. The van der Waals surface area contributed by atoms with Crippen LogP contribution >= 0.6 is 0 Å². The number of hydrogen-bond donors (Lipinski definition) is 0. The van der Waals surface area contributed by atoms with Gasteiger partial charge in [-0.2, -0.15) is 0 Å². The van der Waals surface area contributed by atoms with Crippen LogP contribution in [0.5, 0.6) is 0 Å². The predicted octanol–water partition coefficient (Wildman–Crippen LogP) is 4.26. The number of carbonyl (C=O) groups is 1. The van der Waals surface area contributed by atoms with Crippen molar-refractivity contribution >= 4 is 12.0 Å². The van der Waals surface area contributed by atoms with E-state index in [1.54, 1.807) is 6.08 Å². The summed E-state index contributed by atoms with van der Waals surface area (Å²) in [7, 11) is 0. The van der Waals surface area contributed by atoms with Crippen LogP contribution in [0, 0.1) is 20.8 Å². The van der Waals surface area contributed by atoms with Crippen molar-refractivity contribution in [1.82, 2.24) is 19.5 Å². The van der Waals surface area contributed by atoms with Gasteiger partial charge in [-0.25, -0.2) is 0 Å². The molecule has 6 nitrogen and oxygen atoms in total. The minimum absolute atomic E-state index is 0.104. The molecule has 1 saturated heterocycles. The first-order chi connectivity index (χ1) is 14.5. The lowest BCUT2D eigenvalue weighted by molar-refractivity contribution is -0.127. The normalized spacial score (nSPS) is 19.1. The van der Waals surface area contributed by atoms with Crippen LogP contribution in [0.2, 0.25) is 0 Å². The van der Waals surface area contributed by atoms with E-state index in [4.69, 9.17) is 4.52 Å². The molecule has 1 aliphatic carbocycles. The van der Waals surface area contributed by atoms with Gasteiger partial charge in [-0.15, -0.1) is 0 Å². The van der Waals surface area contributed by atoms with Gasteiger partial charge in [0.2, 0.25) is 5.91 Å². The third-order valence-corrected chi connectivity index (χ3v) is 6.61. The predicted molar refractivity (Wildman–Crippen MR) is 118 cm³/mol. The van der Waals surface area contributed by atoms with E-state index in [1.165, 1.54) is 49.1 Å². The molecule has 0 atom stereocenters. The second kappa shape index (κ2) is 9.21. The second-order valence-electron chi connectivity index (χ2n) is 8.86. The Bertz CT molecular complexity index is 896. The number of aryl methyl sites for hydroxylation is 2. The van der Waals surface area contributed by atoms with Gasteiger partial charge in [-0.3, -0.25) is 9.69 Å². The van der Waals surface area contributed by atoms with Crippen LogP contribution in [0.25, 0.3) is 6.08 Å². The lowest BCUT2D eigenvalue weighted by atomic mass is 9.95. The van der Waals surface area contributed by atoms with E-state index >= 15 is 0 Å². The third kappa shape index (κ3) is 4.69. The molecule has 0 aromatic carbocycles. The Kier molecular flexibility index (Phi) is 6.42. The van der Waals surface area contributed by atoms with E-state index in [9.17, 15) is 4.79 Å². The minimum atomic E-state index is 0.104. The van der Waals surface area contributed by atoms with Crippen LogP contribution in [-0.2, 0) is 11.3 Å². The van der Waals surface area contributed by atoms with Gasteiger partial charge in [0, 0.05) is 55.8 Å². The van der Waals surface area contributed by atoms with E-state index < -0.39 is 0 Å². The molecule has 0 radical (unpaired) electrons. The van der Waals surface area contributed by atoms with Gasteiger partial charge in [-0.1, -0.05) is 24.4 Å². The zero-order valence-corrected chi connectivity index (χ0v) is 18.6. The van der Waals surface area contributed by atoms with Crippen molar-refractivity contribution in [2.24, 2.45) is 0 Å². The molecule has 0 spiro atoms. The first-order valence-corrected chi connectivity index (χ1v) is 11.3. The summed E-state index contributed by atoms with van der Waals surface area (Å²) in [5, 5.41) is 3.95. The van der Waals surface area contributed by atoms with E-state index in [0.717, 1.165) is 44.2 Å². The molecular weight excluding hydrogens is 376 g/mol. The van der Waals surface area contributed by atoms with Gasteiger partial charge >= 0.3 is 0 Å². The van der Waals surface area contributed by atoms with Crippen LogP contribution in [0.3, 0.4) is 0 Å². The van der Waals surface area contributed by atoms with Gasteiger partial charge in [0.25, 0.3) is 0 Å². The van der Waals surface area contributed by atoms with Crippen LogP contribution in [-0.4, -0.2) is 51.6 Å². The van der Waals surface area contributed by atoms with Crippen molar-refractivity contribution in [3.8, 4) is 0 Å². The first kappa shape index (κ1) is 20.9. The van der Waals surface area contributed by atoms with Crippen LogP contribution in [0.1, 0.15) is 66.6 Å². The molecule has 6 heteroatoms. The number of aromatic nitrogens is 2. The van der Waals surface area contributed by atoms with Gasteiger partial charge in [0.1, 0.15) is 0 Å². The highest BCUT2D eigenvalue weighted by Gasteiger charge is 2.22. The quantitative estimate of drug-likeness (QED) is 0.691. The molecule has 3 heterocycles. The summed E-state index contributed by atoms with van der Waals surface area (Å²) in [5.41, 5.74) is 4.68. The Labute approximate surface area is 179 Å². The van der Waals surface area contributed by atoms with Crippen molar-refractivity contribution < 1.29 is 9.32 Å². The summed E-state index contributed by atoms with van der Waals surface area (Å²) in [6.07, 6.45) is 10.3. The number of rotatable bonds is 5. The topological polar surface area (TPSA) is 54.5 Å². The molecule has 0 bridgehead atoms. The van der Waals surface area contributed by atoms with Gasteiger partial charge in [0.15, 0.2) is 5.76 Å². The van der Waals surface area contributed by atoms with Crippen LogP contribution in [0.15, 0.2) is 22.7 Å². The smallest absolute Gasteiger partial charge is 0.246 e. The van der Waals surface area contributed by atoms with Crippen molar-refractivity contribution in [2.45, 2.75) is 65.5 Å². The molecule has 1 amide bonds. The molecule has 162 valence electrons. The Morgan fingerprint density at radius 3 is 2.50 bits per heavy atom. The zero-order valence-electron chi connectivity index (χ0n) is 18.6. The Morgan fingerprint density at radius 2 is 1.83 bits per heavy atom. The van der Waals surface area contributed by atoms with Crippen molar-refractivity contribution in [1.29, 1.82) is 0 Å². The maximum absolute atomic E-state index is 12.7. The van der Waals surface area contributed by atoms with E-state index in [-0.39, 0.29) is 5.91 Å². The zero-order chi connectivity index (χ0) is 21.1. The van der Waals surface area contributed by atoms with E-state index in [0.29, 0.717) is 6.04 Å². The fraction of sp³-hybridized carbons (Fsp3) is 0.583. The molecule has 1 saturated carbocycles. The molecule has 30 heavy (non-hydrogen) atoms. The molecule has 2 aromatic rings. The number of amides is 1. The fourth-order valence-electron chi connectivity index (χ4n) is 4.98. The maximum atomic E-state index is 12.7. The monoisotopic (exact) mass is 410 g/mol. The molecule has 2 aliphatic rings. The highest BCUT2D eigenvalue weighted by Crippen LogP contribution is 2.32. The number of piperazine rings is 1. The SMILES string of the molecule is Cc1cc(CN2CCN(C(=O)/C=C/c3cc(C)n(C4CCCCC4)c3C)CC2)on1. The Morgan fingerprint density at radius 1 is 1.10 bits per heavy atom. The third-order valence-electron chi connectivity index (χ3n) is 6.61. The Balaban J connectivity index is 1.33. The highest BCUT2D eigenvalue weighted by molar-refractivity contribution is 5.92. The van der Waals surface area contributed by atoms with Gasteiger partial charge in [-0.05, 0) is 51.3 Å². The lowest BCUT2D eigenvalue weighted by Crippen LogP contribution is -2.47. The summed E-state index contributed by atoms with van der Waals surface area (Å²) >= 11 is 0. The summed E-state index contributed by atoms with van der Waals surface area (Å²) in [5.74, 6) is 0.994. The van der Waals surface area contributed by atoms with Crippen LogP contribution in [0.4, 0.5) is 0 Å². The lowest BCUT2D eigenvalue weighted by Gasteiger charge is -2.33. The van der Waals surface area contributed by atoms with Gasteiger partial charge in [0.05, 0.1) is 12.2 Å². The Hall–Kier alpha value is -2.34. The number of hydrogen-bond acceptors (Lipinski definition) is 4. The van der Waals surface area contributed by atoms with Crippen molar-refractivity contribution in [3.05, 3.63) is 46.6 Å². The fourth-order valence-corrected chi connectivity index (χ4v) is 4.98. The molecule has 2 aromatic heterocycles. The average Bonchev–Trinajstić information content (AvgIpc) is 3.29. The highest BCUT2D eigenvalue weighted by atomic mass is 16.5. The molecule has 0 N–H and O–H groups in total. The molecular formula is C24H34N4O2. The maximum Gasteiger partial charge on any atom is 0.246 e. The summed E-state index contributed by atoms with van der Waals surface area (Å²) in [4.78, 5) is 17.0.